The maximum atomic E-state index is 8.63. The minimum atomic E-state index is 0.0912. The van der Waals surface area contributed by atoms with Crippen LogP contribution in [0, 0.1) is 11.3 Å². The highest BCUT2D eigenvalue weighted by Crippen LogP contribution is 2.35. The van der Waals surface area contributed by atoms with Gasteiger partial charge in [0.2, 0.25) is 0 Å². The van der Waals surface area contributed by atoms with E-state index in [1.807, 2.05) is 18.2 Å². The Kier molecular flexibility index (Phi) is 1.13. The summed E-state index contributed by atoms with van der Waals surface area (Å²) in [7, 11) is 0. The third-order valence-corrected chi connectivity index (χ3v) is 2.13. The van der Waals surface area contributed by atoms with Crippen molar-refractivity contribution in [1.82, 2.24) is 0 Å². The highest BCUT2D eigenvalue weighted by atomic mass is 14.5. The minimum absolute atomic E-state index is 0.0912. The van der Waals surface area contributed by atoms with Crippen LogP contribution in [-0.2, 0) is 6.42 Å². The van der Waals surface area contributed by atoms with Crippen LogP contribution in [0.3, 0.4) is 0 Å². The molecule has 2 heteroatoms. The van der Waals surface area contributed by atoms with Gasteiger partial charge in [-0.15, -0.1) is 0 Å². The van der Waals surface area contributed by atoms with E-state index in [2.05, 4.69) is 6.07 Å². The summed E-state index contributed by atoms with van der Waals surface area (Å²) in [6, 6.07) is 8.00. The Morgan fingerprint density at radius 2 is 2.36 bits per heavy atom. The smallest absolute Gasteiger partial charge is 0.0756 e. The summed E-state index contributed by atoms with van der Waals surface area (Å²) in [5.41, 5.74) is 8.71. The highest BCUT2D eigenvalue weighted by molar-refractivity contribution is 5.52. The number of rotatable bonds is 0. The van der Waals surface area contributed by atoms with Gasteiger partial charge < -0.3 is 5.73 Å². The molecule has 1 aromatic carbocycles. The van der Waals surface area contributed by atoms with Gasteiger partial charge in [-0.25, -0.2) is 0 Å². The molecular weight excluding hydrogens is 136 g/mol. The number of nitriles is 1. The summed E-state index contributed by atoms with van der Waals surface area (Å²) in [5, 5.41) is 8.63. The molecule has 11 heavy (non-hydrogen) atoms. The van der Waals surface area contributed by atoms with E-state index in [-0.39, 0.29) is 5.92 Å². The molecule has 0 amide bonds. The summed E-state index contributed by atoms with van der Waals surface area (Å²) >= 11 is 0. The van der Waals surface area contributed by atoms with Gasteiger partial charge in [-0.1, -0.05) is 6.07 Å². The number of nitrogens with two attached hydrogens (primary N) is 1. The fraction of sp³-hybridized carbons (Fsp3) is 0.222. The molecule has 1 aliphatic carbocycles. The molecule has 0 fully saturated rings. The Balaban J connectivity index is 2.47. The number of nitrogens with zero attached hydrogens (tertiary/aromatic N) is 1. The van der Waals surface area contributed by atoms with Gasteiger partial charge in [0.15, 0.2) is 0 Å². The summed E-state index contributed by atoms with van der Waals surface area (Å²) in [4.78, 5) is 0. The predicted molar refractivity (Wildman–Crippen MR) is 42.9 cm³/mol. The first kappa shape index (κ1) is 6.23. The van der Waals surface area contributed by atoms with Crippen molar-refractivity contribution in [2.24, 2.45) is 0 Å². The molecule has 0 saturated heterocycles. The Labute approximate surface area is 65.3 Å². The molecule has 0 bridgehead atoms. The van der Waals surface area contributed by atoms with Gasteiger partial charge in [-0.3, -0.25) is 0 Å². The molecule has 0 heterocycles. The van der Waals surface area contributed by atoms with Crippen LogP contribution in [0.15, 0.2) is 18.2 Å². The number of fused-ring (bicyclic) bond motifs is 1. The van der Waals surface area contributed by atoms with Gasteiger partial charge in [-0.05, 0) is 29.7 Å². The zero-order chi connectivity index (χ0) is 7.84. The fourth-order valence-electron chi connectivity index (χ4n) is 1.44. The minimum Gasteiger partial charge on any atom is -0.399 e. The van der Waals surface area contributed by atoms with Crippen molar-refractivity contribution < 1.29 is 0 Å². The standard InChI is InChI=1S/C9H8N2/c10-5-7-3-6-1-2-8(11)4-9(6)7/h1-2,4,7H,3,11H2. The van der Waals surface area contributed by atoms with Crippen LogP contribution in [0.1, 0.15) is 17.0 Å². The van der Waals surface area contributed by atoms with Gasteiger partial charge in [0.1, 0.15) is 0 Å². The first-order valence-corrected chi connectivity index (χ1v) is 3.59. The summed E-state index contributed by atoms with van der Waals surface area (Å²) < 4.78 is 0. The molecule has 1 unspecified atom stereocenters. The Morgan fingerprint density at radius 3 is 3.09 bits per heavy atom. The van der Waals surface area contributed by atoms with Gasteiger partial charge >= 0.3 is 0 Å². The second kappa shape index (κ2) is 2.00. The van der Waals surface area contributed by atoms with E-state index in [4.69, 9.17) is 11.0 Å². The number of anilines is 1. The quantitative estimate of drug-likeness (QED) is 0.560. The Bertz CT molecular complexity index is 336. The fourth-order valence-corrected chi connectivity index (χ4v) is 1.44. The van der Waals surface area contributed by atoms with Crippen molar-refractivity contribution in [3.8, 4) is 6.07 Å². The first-order valence-electron chi connectivity index (χ1n) is 3.59. The maximum Gasteiger partial charge on any atom is 0.0756 e. The number of nitrogen functional groups attached to an aromatic ring is 1. The topological polar surface area (TPSA) is 49.8 Å². The molecule has 0 aliphatic heterocycles. The summed E-state index contributed by atoms with van der Waals surface area (Å²) in [5.74, 6) is 0.0912. The Morgan fingerprint density at radius 1 is 1.55 bits per heavy atom. The number of hydrogen-bond donors (Lipinski definition) is 1. The van der Waals surface area contributed by atoms with E-state index < -0.39 is 0 Å². The monoisotopic (exact) mass is 144 g/mol. The third-order valence-electron chi connectivity index (χ3n) is 2.13. The molecular formula is C9H8N2. The zero-order valence-corrected chi connectivity index (χ0v) is 6.04. The average molecular weight is 144 g/mol. The molecule has 54 valence electrons. The van der Waals surface area contributed by atoms with E-state index in [9.17, 15) is 0 Å². The molecule has 2 rings (SSSR count). The van der Waals surface area contributed by atoms with Crippen LogP contribution in [0.2, 0.25) is 0 Å². The van der Waals surface area contributed by atoms with Crippen molar-refractivity contribution in [3.05, 3.63) is 29.3 Å². The largest absolute Gasteiger partial charge is 0.399 e. The van der Waals surface area contributed by atoms with Gasteiger partial charge in [0.05, 0.1) is 12.0 Å². The summed E-state index contributed by atoms with van der Waals surface area (Å²) in [6.07, 6.45) is 0.895. The Hall–Kier alpha value is -1.49. The van der Waals surface area contributed by atoms with Gasteiger partial charge in [0, 0.05) is 5.69 Å². The van der Waals surface area contributed by atoms with Crippen LogP contribution in [-0.4, -0.2) is 0 Å². The molecule has 0 spiro atoms. The second-order valence-corrected chi connectivity index (χ2v) is 2.84. The van der Waals surface area contributed by atoms with Crippen LogP contribution in [0.25, 0.3) is 0 Å². The van der Waals surface area contributed by atoms with Gasteiger partial charge in [0.25, 0.3) is 0 Å². The molecule has 1 aromatic rings. The SMILES string of the molecule is N#CC1Cc2ccc(N)cc21. The number of hydrogen-bond acceptors (Lipinski definition) is 2. The lowest BCUT2D eigenvalue weighted by atomic mass is 9.78. The molecule has 2 nitrogen and oxygen atoms in total. The summed E-state index contributed by atoms with van der Waals surface area (Å²) in [6.45, 7) is 0. The normalized spacial score (nSPS) is 19.7. The van der Waals surface area contributed by atoms with Crippen LogP contribution >= 0.6 is 0 Å². The van der Waals surface area contributed by atoms with Crippen molar-refractivity contribution in [1.29, 1.82) is 5.26 Å². The molecule has 0 aromatic heterocycles. The molecule has 0 radical (unpaired) electrons. The molecule has 1 aliphatic rings. The van der Waals surface area contributed by atoms with Crippen LogP contribution in [0.4, 0.5) is 5.69 Å². The van der Waals surface area contributed by atoms with E-state index in [0.717, 1.165) is 17.7 Å². The van der Waals surface area contributed by atoms with Gasteiger partial charge in [-0.2, -0.15) is 5.26 Å². The van der Waals surface area contributed by atoms with Crippen molar-refractivity contribution in [3.63, 3.8) is 0 Å². The average Bonchev–Trinajstić information content (AvgIpc) is 1.97. The van der Waals surface area contributed by atoms with Crippen molar-refractivity contribution in [2.45, 2.75) is 12.3 Å². The van der Waals surface area contributed by atoms with E-state index in [1.165, 1.54) is 5.56 Å². The molecule has 0 saturated carbocycles. The van der Waals surface area contributed by atoms with Crippen molar-refractivity contribution >= 4 is 5.69 Å². The molecule has 1 atom stereocenters. The lowest BCUT2D eigenvalue weighted by Gasteiger charge is -2.24. The van der Waals surface area contributed by atoms with Crippen LogP contribution in [0.5, 0.6) is 0 Å². The van der Waals surface area contributed by atoms with Crippen molar-refractivity contribution in [2.75, 3.05) is 5.73 Å². The molecule has 2 N–H and O–H groups in total. The predicted octanol–water partition coefficient (Wildman–Crippen LogP) is 1.43. The lowest BCUT2D eigenvalue weighted by Crippen LogP contribution is -2.15. The lowest BCUT2D eigenvalue weighted by molar-refractivity contribution is 0.745. The number of benzene rings is 1. The van der Waals surface area contributed by atoms with E-state index >= 15 is 0 Å². The van der Waals surface area contributed by atoms with Crippen LogP contribution < -0.4 is 5.73 Å². The second-order valence-electron chi connectivity index (χ2n) is 2.84. The first-order chi connectivity index (χ1) is 5.31. The van der Waals surface area contributed by atoms with E-state index in [1.54, 1.807) is 0 Å². The third kappa shape index (κ3) is 0.779. The van der Waals surface area contributed by atoms with E-state index in [0.29, 0.717) is 0 Å². The highest BCUT2D eigenvalue weighted by Gasteiger charge is 2.25. The maximum absolute atomic E-state index is 8.63. The zero-order valence-electron chi connectivity index (χ0n) is 6.04.